The minimum absolute atomic E-state index is 0.136. The molecule has 0 radical (unpaired) electrons. The molecular formula is C15H26N2O. The lowest BCUT2D eigenvalue weighted by molar-refractivity contribution is -0.142. The monoisotopic (exact) mass is 250 g/mol. The second kappa shape index (κ2) is 4.52. The van der Waals surface area contributed by atoms with Crippen LogP contribution in [0.15, 0.2) is 0 Å². The van der Waals surface area contributed by atoms with Gasteiger partial charge < -0.3 is 10.6 Å². The second-order valence-corrected chi connectivity index (χ2v) is 6.83. The first-order valence-electron chi connectivity index (χ1n) is 7.65. The summed E-state index contributed by atoms with van der Waals surface area (Å²) in [4.78, 5) is 14.9. The van der Waals surface area contributed by atoms with Crippen LogP contribution in [0.25, 0.3) is 0 Å². The smallest absolute Gasteiger partial charge is 0.227 e. The molecule has 1 aliphatic heterocycles. The highest BCUT2D eigenvalue weighted by atomic mass is 16.2. The Balaban J connectivity index is 1.74. The summed E-state index contributed by atoms with van der Waals surface area (Å²) in [7, 11) is 0. The van der Waals surface area contributed by atoms with Gasteiger partial charge in [0, 0.05) is 18.6 Å². The number of amides is 1. The lowest BCUT2D eigenvalue weighted by atomic mass is 9.82. The Bertz CT molecular complexity index is 341. The lowest BCUT2D eigenvalue weighted by Crippen LogP contribution is -2.53. The third kappa shape index (κ3) is 1.78. The number of hydrogen-bond donors (Lipinski definition) is 1. The minimum Gasteiger partial charge on any atom is -0.339 e. The third-order valence-electron chi connectivity index (χ3n) is 5.92. The van der Waals surface area contributed by atoms with Gasteiger partial charge in [-0.2, -0.15) is 0 Å². The van der Waals surface area contributed by atoms with Crippen molar-refractivity contribution in [3.63, 3.8) is 0 Å². The fourth-order valence-electron chi connectivity index (χ4n) is 4.54. The fourth-order valence-corrected chi connectivity index (χ4v) is 4.54. The van der Waals surface area contributed by atoms with Crippen LogP contribution in [0.2, 0.25) is 0 Å². The molecule has 0 aromatic heterocycles. The summed E-state index contributed by atoms with van der Waals surface area (Å²) in [5.74, 6) is 2.35. The molecule has 2 bridgehead atoms. The molecule has 18 heavy (non-hydrogen) atoms. The molecule has 3 heteroatoms. The molecule has 1 heterocycles. The van der Waals surface area contributed by atoms with E-state index < -0.39 is 0 Å². The quantitative estimate of drug-likeness (QED) is 0.774. The van der Waals surface area contributed by atoms with Gasteiger partial charge in [-0.3, -0.25) is 4.79 Å². The Morgan fingerprint density at radius 2 is 1.89 bits per heavy atom. The maximum Gasteiger partial charge on any atom is 0.227 e. The van der Waals surface area contributed by atoms with Crippen molar-refractivity contribution in [2.75, 3.05) is 6.54 Å². The first kappa shape index (κ1) is 12.5. The Morgan fingerprint density at radius 1 is 1.17 bits per heavy atom. The average molecular weight is 250 g/mol. The molecule has 2 aliphatic carbocycles. The Hall–Kier alpha value is -0.570. The van der Waals surface area contributed by atoms with E-state index in [9.17, 15) is 4.79 Å². The van der Waals surface area contributed by atoms with Crippen LogP contribution in [0.1, 0.15) is 46.0 Å². The molecule has 2 saturated carbocycles. The number of nitrogens with two attached hydrogens (primary N) is 1. The van der Waals surface area contributed by atoms with Gasteiger partial charge in [-0.05, 0) is 56.8 Å². The summed E-state index contributed by atoms with van der Waals surface area (Å²) in [5, 5.41) is 0. The highest BCUT2D eigenvalue weighted by Gasteiger charge is 2.50. The predicted octanol–water partition coefficient (Wildman–Crippen LogP) is 2.01. The summed E-state index contributed by atoms with van der Waals surface area (Å²) in [6.45, 7) is 5.43. The first-order chi connectivity index (χ1) is 8.59. The number of hydrogen-bond acceptors (Lipinski definition) is 2. The molecular weight excluding hydrogens is 224 g/mol. The van der Waals surface area contributed by atoms with Crippen molar-refractivity contribution in [2.45, 2.75) is 58.0 Å². The van der Waals surface area contributed by atoms with Crippen LogP contribution in [0.5, 0.6) is 0 Å². The molecule has 1 saturated heterocycles. The number of carbonyl (C=O) groups excluding carboxylic acids is 1. The van der Waals surface area contributed by atoms with E-state index in [2.05, 4.69) is 18.7 Å². The van der Waals surface area contributed by atoms with Crippen LogP contribution in [0.3, 0.4) is 0 Å². The van der Waals surface area contributed by atoms with Gasteiger partial charge in [-0.25, -0.2) is 0 Å². The van der Waals surface area contributed by atoms with Crippen molar-refractivity contribution in [1.29, 1.82) is 0 Å². The van der Waals surface area contributed by atoms with Crippen molar-refractivity contribution < 1.29 is 4.79 Å². The SMILES string of the molecule is CC1CCCN(C(=O)C2C3CCC(C3)C2N)C1C. The molecule has 6 unspecified atom stereocenters. The maximum atomic E-state index is 12.8. The standard InChI is InChI=1S/C15H26N2O/c1-9-4-3-7-17(10(9)2)15(18)13-11-5-6-12(8-11)14(13)16/h9-14H,3-8,16H2,1-2H3. The molecule has 3 fully saturated rings. The average Bonchev–Trinajstić information content (AvgIpc) is 2.92. The summed E-state index contributed by atoms with van der Waals surface area (Å²) in [6.07, 6.45) is 6.10. The Kier molecular flexibility index (Phi) is 3.13. The molecule has 0 spiro atoms. The predicted molar refractivity (Wildman–Crippen MR) is 71.9 cm³/mol. The molecule has 3 rings (SSSR count). The van der Waals surface area contributed by atoms with Crippen molar-refractivity contribution in [3.05, 3.63) is 0 Å². The molecule has 2 N–H and O–H groups in total. The van der Waals surface area contributed by atoms with Gasteiger partial charge in [0.05, 0.1) is 5.92 Å². The van der Waals surface area contributed by atoms with Gasteiger partial charge in [0.25, 0.3) is 0 Å². The Morgan fingerprint density at radius 3 is 2.56 bits per heavy atom. The summed E-state index contributed by atoms with van der Waals surface area (Å²) in [5.41, 5.74) is 6.30. The summed E-state index contributed by atoms with van der Waals surface area (Å²) >= 11 is 0. The van der Waals surface area contributed by atoms with E-state index >= 15 is 0 Å². The lowest BCUT2D eigenvalue weighted by Gasteiger charge is -2.41. The molecule has 3 aliphatic rings. The molecule has 6 atom stereocenters. The fraction of sp³-hybridized carbons (Fsp3) is 0.933. The number of piperidine rings is 1. The normalized spacial score (nSPS) is 47.6. The van der Waals surface area contributed by atoms with E-state index in [-0.39, 0.29) is 12.0 Å². The van der Waals surface area contributed by atoms with E-state index in [0.717, 1.165) is 13.0 Å². The maximum absolute atomic E-state index is 12.8. The second-order valence-electron chi connectivity index (χ2n) is 6.83. The van der Waals surface area contributed by atoms with Gasteiger partial charge in [-0.15, -0.1) is 0 Å². The molecule has 0 aromatic rings. The first-order valence-corrected chi connectivity index (χ1v) is 7.65. The van der Waals surface area contributed by atoms with Crippen LogP contribution >= 0.6 is 0 Å². The van der Waals surface area contributed by atoms with Gasteiger partial charge in [0.2, 0.25) is 5.91 Å². The third-order valence-corrected chi connectivity index (χ3v) is 5.92. The largest absolute Gasteiger partial charge is 0.339 e. The number of fused-ring (bicyclic) bond motifs is 2. The molecule has 1 amide bonds. The number of nitrogens with zero attached hydrogens (tertiary/aromatic N) is 1. The Labute approximate surface area is 110 Å². The van der Waals surface area contributed by atoms with Gasteiger partial charge in [0.1, 0.15) is 0 Å². The van der Waals surface area contributed by atoms with E-state index in [1.165, 1.54) is 25.7 Å². The van der Waals surface area contributed by atoms with Crippen LogP contribution in [-0.4, -0.2) is 29.4 Å². The highest BCUT2D eigenvalue weighted by Crippen LogP contribution is 2.48. The van der Waals surface area contributed by atoms with Crippen LogP contribution in [-0.2, 0) is 4.79 Å². The van der Waals surface area contributed by atoms with Crippen LogP contribution in [0.4, 0.5) is 0 Å². The van der Waals surface area contributed by atoms with Crippen LogP contribution < -0.4 is 5.73 Å². The van der Waals surface area contributed by atoms with Crippen molar-refractivity contribution >= 4 is 5.91 Å². The van der Waals surface area contributed by atoms with Gasteiger partial charge >= 0.3 is 0 Å². The van der Waals surface area contributed by atoms with E-state index in [0.29, 0.717) is 29.7 Å². The molecule has 0 aromatic carbocycles. The molecule has 102 valence electrons. The zero-order chi connectivity index (χ0) is 12.9. The van der Waals surface area contributed by atoms with E-state index in [1.54, 1.807) is 0 Å². The number of likely N-dealkylation sites (tertiary alicyclic amines) is 1. The van der Waals surface area contributed by atoms with Gasteiger partial charge in [-0.1, -0.05) is 6.92 Å². The summed E-state index contributed by atoms with van der Waals surface area (Å²) in [6, 6.07) is 0.540. The zero-order valence-corrected chi connectivity index (χ0v) is 11.6. The minimum atomic E-state index is 0.136. The summed E-state index contributed by atoms with van der Waals surface area (Å²) < 4.78 is 0. The topological polar surface area (TPSA) is 46.3 Å². The molecule has 3 nitrogen and oxygen atoms in total. The zero-order valence-electron chi connectivity index (χ0n) is 11.6. The van der Waals surface area contributed by atoms with E-state index in [1.807, 2.05) is 0 Å². The number of rotatable bonds is 1. The van der Waals surface area contributed by atoms with Gasteiger partial charge in [0.15, 0.2) is 0 Å². The van der Waals surface area contributed by atoms with E-state index in [4.69, 9.17) is 5.73 Å². The van der Waals surface area contributed by atoms with Crippen LogP contribution in [0, 0.1) is 23.7 Å². The highest BCUT2D eigenvalue weighted by molar-refractivity contribution is 5.81. The number of carbonyl (C=O) groups is 1. The van der Waals surface area contributed by atoms with Crippen molar-refractivity contribution in [2.24, 2.45) is 29.4 Å². The van der Waals surface area contributed by atoms with Crippen molar-refractivity contribution in [1.82, 2.24) is 4.90 Å². The van der Waals surface area contributed by atoms with Crippen molar-refractivity contribution in [3.8, 4) is 0 Å².